The molecule has 2 heterocycles. The van der Waals surface area contributed by atoms with Crippen LogP contribution in [0.4, 0.5) is 8.78 Å². The highest BCUT2D eigenvalue weighted by atomic mass is 32.1. The summed E-state index contributed by atoms with van der Waals surface area (Å²) >= 11 is 1.36. The fraction of sp³-hybridized carbons (Fsp3) is 0.250. The van der Waals surface area contributed by atoms with E-state index in [1.54, 1.807) is 6.07 Å². The lowest BCUT2D eigenvalue weighted by atomic mass is 10.2. The Labute approximate surface area is 135 Å². The molecule has 23 heavy (non-hydrogen) atoms. The first-order valence-electron chi connectivity index (χ1n) is 7.19. The quantitative estimate of drug-likeness (QED) is 0.778. The third-order valence-electron chi connectivity index (χ3n) is 3.57. The molecule has 0 saturated carbocycles. The van der Waals surface area contributed by atoms with Crippen LogP contribution in [0.2, 0.25) is 0 Å². The summed E-state index contributed by atoms with van der Waals surface area (Å²) in [5, 5.41) is 1.83. The van der Waals surface area contributed by atoms with E-state index in [1.165, 1.54) is 17.4 Å². The Bertz CT molecular complexity index is 890. The SMILES string of the molecule is CCN(Cc1ccc(F)c(F)c1)Cc1nc2ccsc2c(=O)[nH]1. The minimum absolute atomic E-state index is 0.149. The average molecular weight is 335 g/mol. The van der Waals surface area contributed by atoms with Gasteiger partial charge in [0.15, 0.2) is 11.6 Å². The molecule has 120 valence electrons. The molecule has 0 unspecified atom stereocenters. The first-order valence-corrected chi connectivity index (χ1v) is 8.07. The van der Waals surface area contributed by atoms with E-state index in [0.29, 0.717) is 41.2 Å². The van der Waals surface area contributed by atoms with Gasteiger partial charge < -0.3 is 4.98 Å². The monoisotopic (exact) mass is 335 g/mol. The number of rotatable bonds is 5. The number of nitrogens with one attached hydrogen (secondary N) is 1. The summed E-state index contributed by atoms with van der Waals surface area (Å²) < 4.78 is 26.9. The summed E-state index contributed by atoms with van der Waals surface area (Å²) in [7, 11) is 0. The predicted octanol–water partition coefficient (Wildman–Crippen LogP) is 3.28. The number of hydrogen-bond donors (Lipinski definition) is 1. The number of nitrogens with zero attached hydrogens (tertiary/aromatic N) is 2. The van der Waals surface area contributed by atoms with Gasteiger partial charge in [0, 0.05) is 6.54 Å². The van der Waals surface area contributed by atoms with Crippen LogP contribution in [0.25, 0.3) is 10.2 Å². The Kier molecular flexibility index (Phi) is 4.49. The highest BCUT2D eigenvalue weighted by molar-refractivity contribution is 7.17. The van der Waals surface area contributed by atoms with Crippen LogP contribution in [0.1, 0.15) is 18.3 Å². The second-order valence-electron chi connectivity index (χ2n) is 5.20. The smallest absolute Gasteiger partial charge is 0.268 e. The number of thiophene rings is 1. The molecule has 3 rings (SSSR count). The zero-order valence-corrected chi connectivity index (χ0v) is 13.3. The molecule has 0 spiro atoms. The molecule has 0 aliphatic carbocycles. The predicted molar refractivity (Wildman–Crippen MR) is 86.4 cm³/mol. The van der Waals surface area contributed by atoms with Gasteiger partial charge in [0.05, 0.1) is 12.1 Å². The number of hydrogen-bond acceptors (Lipinski definition) is 4. The summed E-state index contributed by atoms with van der Waals surface area (Å²) in [5.74, 6) is -1.15. The van der Waals surface area contributed by atoms with E-state index in [4.69, 9.17) is 0 Å². The Morgan fingerprint density at radius 3 is 2.78 bits per heavy atom. The van der Waals surface area contributed by atoms with Crippen LogP contribution in [0, 0.1) is 11.6 Å². The van der Waals surface area contributed by atoms with Gasteiger partial charge in [-0.15, -0.1) is 11.3 Å². The van der Waals surface area contributed by atoms with Crippen LogP contribution in [0.5, 0.6) is 0 Å². The molecule has 7 heteroatoms. The molecule has 0 aliphatic heterocycles. The first-order chi connectivity index (χ1) is 11.1. The van der Waals surface area contributed by atoms with E-state index in [9.17, 15) is 13.6 Å². The van der Waals surface area contributed by atoms with Crippen LogP contribution in [-0.2, 0) is 13.1 Å². The fourth-order valence-electron chi connectivity index (χ4n) is 2.38. The van der Waals surface area contributed by atoms with Gasteiger partial charge in [0.1, 0.15) is 10.5 Å². The molecule has 0 aliphatic rings. The van der Waals surface area contributed by atoms with Crippen LogP contribution in [-0.4, -0.2) is 21.4 Å². The zero-order valence-electron chi connectivity index (χ0n) is 12.5. The second kappa shape index (κ2) is 6.55. The van der Waals surface area contributed by atoms with Gasteiger partial charge in [-0.2, -0.15) is 0 Å². The maximum Gasteiger partial charge on any atom is 0.268 e. The topological polar surface area (TPSA) is 49.0 Å². The van der Waals surface area contributed by atoms with Gasteiger partial charge >= 0.3 is 0 Å². The summed E-state index contributed by atoms with van der Waals surface area (Å²) in [6.07, 6.45) is 0. The lowest BCUT2D eigenvalue weighted by Crippen LogP contribution is -2.25. The Balaban J connectivity index is 1.80. The summed E-state index contributed by atoms with van der Waals surface area (Å²) in [6.45, 7) is 3.51. The van der Waals surface area contributed by atoms with Crippen LogP contribution in [0.15, 0.2) is 34.4 Å². The lowest BCUT2D eigenvalue weighted by Gasteiger charge is -2.19. The van der Waals surface area contributed by atoms with Crippen molar-refractivity contribution < 1.29 is 8.78 Å². The summed E-state index contributed by atoms with van der Waals surface area (Å²) in [5.41, 5.74) is 1.20. The molecule has 0 saturated heterocycles. The molecule has 0 atom stereocenters. The Hall–Kier alpha value is -2.12. The van der Waals surface area contributed by atoms with Crippen LogP contribution in [0.3, 0.4) is 0 Å². The number of H-pyrrole nitrogens is 1. The molecule has 2 aromatic heterocycles. The minimum Gasteiger partial charge on any atom is -0.308 e. The van der Waals surface area contributed by atoms with Gasteiger partial charge in [-0.05, 0) is 35.7 Å². The van der Waals surface area contributed by atoms with Gasteiger partial charge in [-0.1, -0.05) is 13.0 Å². The fourth-order valence-corrected chi connectivity index (χ4v) is 3.11. The molecule has 0 amide bonds. The van der Waals surface area contributed by atoms with Crippen molar-refractivity contribution in [2.24, 2.45) is 0 Å². The molecule has 4 nitrogen and oxygen atoms in total. The van der Waals surface area contributed by atoms with Crippen molar-refractivity contribution in [3.63, 3.8) is 0 Å². The first kappa shape index (κ1) is 15.8. The molecular formula is C16H15F2N3OS. The third kappa shape index (κ3) is 3.46. The second-order valence-corrected chi connectivity index (χ2v) is 6.12. The highest BCUT2D eigenvalue weighted by Crippen LogP contribution is 2.15. The third-order valence-corrected chi connectivity index (χ3v) is 4.48. The standard InChI is InChI=1S/C16H15F2N3OS/c1-2-21(8-10-3-4-11(17)12(18)7-10)9-14-19-13-5-6-23-15(13)16(22)20-14/h3-7H,2,8-9H2,1H3,(H,19,20,22). The number of aromatic nitrogens is 2. The van der Waals surface area contributed by atoms with E-state index in [-0.39, 0.29) is 5.56 Å². The Morgan fingerprint density at radius 1 is 1.22 bits per heavy atom. The maximum atomic E-state index is 13.3. The molecule has 0 radical (unpaired) electrons. The van der Waals surface area contributed by atoms with E-state index in [0.717, 1.165) is 6.07 Å². The minimum atomic E-state index is -0.857. The Morgan fingerprint density at radius 2 is 2.04 bits per heavy atom. The van der Waals surface area contributed by atoms with Crippen molar-refractivity contribution in [3.05, 3.63) is 63.0 Å². The van der Waals surface area contributed by atoms with Crippen molar-refractivity contribution in [1.29, 1.82) is 0 Å². The summed E-state index contributed by atoms with van der Waals surface area (Å²) in [6, 6.07) is 5.68. The van der Waals surface area contributed by atoms with Crippen LogP contribution >= 0.6 is 11.3 Å². The lowest BCUT2D eigenvalue weighted by molar-refractivity contribution is 0.264. The van der Waals surface area contributed by atoms with Crippen molar-refractivity contribution in [3.8, 4) is 0 Å². The van der Waals surface area contributed by atoms with Gasteiger partial charge in [0.2, 0.25) is 0 Å². The van der Waals surface area contributed by atoms with E-state index < -0.39 is 11.6 Å². The van der Waals surface area contributed by atoms with Crippen molar-refractivity contribution in [2.75, 3.05) is 6.54 Å². The van der Waals surface area contributed by atoms with E-state index >= 15 is 0 Å². The number of halogens is 2. The normalized spacial score (nSPS) is 11.5. The number of aromatic amines is 1. The molecule has 0 bridgehead atoms. The summed E-state index contributed by atoms with van der Waals surface area (Å²) in [4.78, 5) is 21.2. The maximum absolute atomic E-state index is 13.3. The van der Waals surface area contributed by atoms with Gasteiger partial charge in [-0.3, -0.25) is 9.69 Å². The zero-order chi connectivity index (χ0) is 16.4. The molecular weight excluding hydrogens is 320 g/mol. The number of fused-ring (bicyclic) bond motifs is 1. The van der Waals surface area contributed by atoms with E-state index in [2.05, 4.69) is 9.97 Å². The average Bonchev–Trinajstić information content (AvgIpc) is 2.99. The van der Waals surface area contributed by atoms with Crippen LogP contribution < -0.4 is 5.56 Å². The highest BCUT2D eigenvalue weighted by Gasteiger charge is 2.11. The van der Waals surface area contributed by atoms with E-state index in [1.807, 2.05) is 23.3 Å². The molecule has 1 N–H and O–H groups in total. The van der Waals surface area contributed by atoms with Gasteiger partial charge in [-0.25, -0.2) is 13.8 Å². The van der Waals surface area contributed by atoms with Crippen molar-refractivity contribution in [2.45, 2.75) is 20.0 Å². The molecule has 0 fully saturated rings. The van der Waals surface area contributed by atoms with Crippen molar-refractivity contribution >= 4 is 21.6 Å². The number of benzene rings is 1. The van der Waals surface area contributed by atoms with Crippen molar-refractivity contribution in [1.82, 2.24) is 14.9 Å². The van der Waals surface area contributed by atoms with Gasteiger partial charge in [0.25, 0.3) is 5.56 Å². The molecule has 1 aromatic carbocycles. The largest absolute Gasteiger partial charge is 0.308 e. The molecule has 3 aromatic rings.